The number of methoxy groups -OCH3 is 1. The van der Waals surface area contributed by atoms with E-state index in [1.807, 2.05) is 24.3 Å². The number of anilines is 1. The van der Waals surface area contributed by atoms with Crippen LogP contribution in [0, 0.1) is 6.92 Å². The number of aryl methyl sites for hydroxylation is 1. The van der Waals surface area contributed by atoms with Gasteiger partial charge in [-0.25, -0.2) is 4.98 Å². The second-order valence-corrected chi connectivity index (χ2v) is 8.01. The van der Waals surface area contributed by atoms with Gasteiger partial charge in [0.25, 0.3) is 0 Å². The molecule has 1 aromatic heterocycles. The minimum atomic E-state index is 0. The Balaban J connectivity index is 0.00000306. The maximum atomic E-state index is 5.92. The Bertz CT molecular complexity index is 1050. The quantitative estimate of drug-likeness (QED) is 0.260. The summed E-state index contributed by atoms with van der Waals surface area (Å²) in [6, 6.07) is 16.7. The molecule has 33 heavy (non-hydrogen) atoms. The zero-order chi connectivity index (χ0) is 22.3. The Morgan fingerprint density at radius 1 is 1.21 bits per heavy atom. The van der Waals surface area contributed by atoms with Crippen molar-refractivity contribution in [2.24, 2.45) is 4.99 Å². The summed E-state index contributed by atoms with van der Waals surface area (Å²) in [6.45, 7) is 4.44. The number of aliphatic imine (C=N–C) groups is 1. The summed E-state index contributed by atoms with van der Waals surface area (Å²) >= 11 is 0. The van der Waals surface area contributed by atoms with Crippen molar-refractivity contribution >= 4 is 35.6 Å². The number of hydrogen-bond acceptors (Lipinski definition) is 5. The molecular formula is C25H32IN5O2. The predicted octanol–water partition coefficient (Wildman–Crippen LogP) is 4.61. The number of benzene rings is 2. The molecule has 1 saturated heterocycles. The van der Waals surface area contributed by atoms with Crippen molar-refractivity contribution in [1.29, 1.82) is 0 Å². The van der Waals surface area contributed by atoms with Crippen LogP contribution >= 0.6 is 24.0 Å². The standard InChI is InChI=1S/C25H31N5O2.HI/c1-18-10-12-19(13-11-18)23-15-27-24(32-23)16-28-25(26-2)29-20-7-6-14-30(17-20)21-8-4-5-9-22(21)31-3;/h4-5,8-13,15,20H,6-7,14,16-17H2,1-3H3,(H2,26,28,29);1H. The summed E-state index contributed by atoms with van der Waals surface area (Å²) < 4.78 is 11.5. The number of hydrogen-bond donors (Lipinski definition) is 2. The van der Waals surface area contributed by atoms with Gasteiger partial charge in [-0.3, -0.25) is 4.99 Å². The zero-order valence-electron chi connectivity index (χ0n) is 19.4. The summed E-state index contributed by atoms with van der Waals surface area (Å²) in [7, 11) is 3.50. The summed E-state index contributed by atoms with van der Waals surface area (Å²) in [5.74, 6) is 3.04. The second kappa shape index (κ2) is 11.9. The first kappa shape index (κ1) is 24.9. The maximum Gasteiger partial charge on any atom is 0.214 e. The number of nitrogens with zero attached hydrogens (tertiary/aromatic N) is 3. The van der Waals surface area contributed by atoms with Crippen LogP contribution in [0.4, 0.5) is 5.69 Å². The van der Waals surface area contributed by atoms with Gasteiger partial charge in [-0.15, -0.1) is 24.0 Å². The predicted molar refractivity (Wildman–Crippen MR) is 144 cm³/mol. The molecular weight excluding hydrogens is 529 g/mol. The van der Waals surface area contributed by atoms with Gasteiger partial charge in [0.15, 0.2) is 11.7 Å². The van der Waals surface area contributed by atoms with Gasteiger partial charge < -0.3 is 24.7 Å². The number of piperidine rings is 1. The normalized spacial score (nSPS) is 16.2. The molecule has 0 amide bonds. The third kappa shape index (κ3) is 6.40. The van der Waals surface area contributed by atoms with Gasteiger partial charge in [-0.2, -0.15) is 0 Å². The Hall–Kier alpha value is -2.75. The number of nitrogens with one attached hydrogen (secondary N) is 2. The van der Waals surface area contributed by atoms with Gasteiger partial charge in [0.1, 0.15) is 5.75 Å². The van der Waals surface area contributed by atoms with Crippen molar-refractivity contribution in [2.45, 2.75) is 32.4 Å². The number of guanidine groups is 1. The van der Waals surface area contributed by atoms with Crippen molar-refractivity contribution in [1.82, 2.24) is 15.6 Å². The topological polar surface area (TPSA) is 74.9 Å². The molecule has 2 heterocycles. The van der Waals surface area contributed by atoms with Gasteiger partial charge in [-0.1, -0.05) is 42.0 Å². The minimum Gasteiger partial charge on any atom is -0.495 e. The van der Waals surface area contributed by atoms with Crippen LogP contribution in [0.3, 0.4) is 0 Å². The monoisotopic (exact) mass is 561 g/mol. The van der Waals surface area contributed by atoms with Crippen LogP contribution < -0.4 is 20.3 Å². The molecule has 8 heteroatoms. The highest BCUT2D eigenvalue weighted by Crippen LogP contribution is 2.29. The molecule has 0 saturated carbocycles. The average Bonchev–Trinajstić information content (AvgIpc) is 3.31. The Morgan fingerprint density at radius 2 is 2.00 bits per heavy atom. The second-order valence-electron chi connectivity index (χ2n) is 8.01. The third-order valence-corrected chi connectivity index (χ3v) is 5.71. The zero-order valence-corrected chi connectivity index (χ0v) is 21.7. The molecule has 1 aliphatic rings. The van der Waals surface area contributed by atoms with Crippen LogP contribution in [0.25, 0.3) is 11.3 Å². The third-order valence-electron chi connectivity index (χ3n) is 5.71. The van der Waals surface area contributed by atoms with E-state index in [4.69, 9.17) is 9.15 Å². The molecule has 1 aliphatic heterocycles. The molecule has 2 aromatic carbocycles. The van der Waals surface area contributed by atoms with Gasteiger partial charge in [0, 0.05) is 31.7 Å². The van der Waals surface area contributed by atoms with E-state index in [1.54, 1.807) is 20.4 Å². The summed E-state index contributed by atoms with van der Waals surface area (Å²) in [4.78, 5) is 11.2. The first-order valence-corrected chi connectivity index (χ1v) is 11.0. The van der Waals surface area contributed by atoms with E-state index in [0.29, 0.717) is 12.4 Å². The lowest BCUT2D eigenvalue weighted by Crippen LogP contribution is -2.51. The van der Waals surface area contributed by atoms with E-state index in [2.05, 4.69) is 56.7 Å². The first-order valence-electron chi connectivity index (χ1n) is 11.0. The number of para-hydroxylation sites is 2. The fraction of sp³-hybridized carbons (Fsp3) is 0.360. The number of aromatic nitrogens is 1. The molecule has 1 fully saturated rings. The summed E-state index contributed by atoms with van der Waals surface area (Å²) in [5, 5.41) is 6.87. The van der Waals surface area contributed by atoms with Gasteiger partial charge >= 0.3 is 0 Å². The van der Waals surface area contributed by atoms with Crippen LogP contribution in [-0.2, 0) is 6.54 Å². The molecule has 0 aliphatic carbocycles. The van der Waals surface area contributed by atoms with Crippen molar-refractivity contribution in [3.63, 3.8) is 0 Å². The molecule has 1 atom stereocenters. The highest BCUT2D eigenvalue weighted by molar-refractivity contribution is 14.0. The lowest BCUT2D eigenvalue weighted by Gasteiger charge is -2.36. The van der Waals surface area contributed by atoms with Crippen molar-refractivity contribution < 1.29 is 9.15 Å². The van der Waals surface area contributed by atoms with Gasteiger partial charge in [0.05, 0.1) is 25.5 Å². The smallest absolute Gasteiger partial charge is 0.214 e. The minimum absolute atomic E-state index is 0. The summed E-state index contributed by atoms with van der Waals surface area (Å²) in [5.41, 5.74) is 3.38. The number of rotatable bonds is 6. The van der Waals surface area contributed by atoms with E-state index >= 15 is 0 Å². The van der Waals surface area contributed by atoms with Gasteiger partial charge in [-0.05, 0) is 31.9 Å². The molecule has 4 rings (SSSR count). The Morgan fingerprint density at radius 3 is 2.76 bits per heavy atom. The van der Waals surface area contributed by atoms with E-state index in [0.717, 1.165) is 54.7 Å². The van der Waals surface area contributed by atoms with Crippen molar-refractivity contribution in [3.05, 3.63) is 66.2 Å². The molecule has 0 spiro atoms. The van der Waals surface area contributed by atoms with Crippen molar-refractivity contribution in [3.8, 4) is 17.1 Å². The highest BCUT2D eigenvalue weighted by Gasteiger charge is 2.23. The van der Waals surface area contributed by atoms with E-state index < -0.39 is 0 Å². The lowest BCUT2D eigenvalue weighted by molar-refractivity contribution is 0.408. The lowest BCUT2D eigenvalue weighted by atomic mass is 10.0. The molecule has 0 bridgehead atoms. The number of oxazole rings is 1. The molecule has 3 aromatic rings. The van der Waals surface area contributed by atoms with Crippen LogP contribution in [0.15, 0.2) is 64.1 Å². The van der Waals surface area contributed by atoms with E-state index in [1.165, 1.54) is 5.56 Å². The van der Waals surface area contributed by atoms with Crippen LogP contribution in [0.1, 0.15) is 24.3 Å². The van der Waals surface area contributed by atoms with Crippen LogP contribution in [0.5, 0.6) is 5.75 Å². The fourth-order valence-electron chi connectivity index (χ4n) is 4.00. The molecule has 2 N–H and O–H groups in total. The summed E-state index contributed by atoms with van der Waals surface area (Å²) in [6.07, 6.45) is 3.96. The SMILES string of the molecule is CN=C(NCc1ncc(-c2ccc(C)cc2)o1)NC1CCCN(c2ccccc2OC)C1.I. The highest BCUT2D eigenvalue weighted by atomic mass is 127. The fourth-order valence-corrected chi connectivity index (χ4v) is 4.00. The molecule has 176 valence electrons. The average molecular weight is 561 g/mol. The van der Waals surface area contributed by atoms with Crippen molar-refractivity contribution in [2.75, 3.05) is 32.1 Å². The molecule has 0 radical (unpaired) electrons. The number of halogens is 1. The first-order chi connectivity index (χ1) is 15.7. The molecule has 1 unspecified atom stereocenters. The maximum absolute atomic E-state index is 5.92. The Labute approximate surface area is 212 Å². The molecule has 7 nitrogen and oxygen atoms in total. The van der Waals surface area contributed by atoms with Gasteiger partial charge in [0.2, 0.25) is 5.89 Å². The van der Waals surface area contributed by atoms with E-state index in [-0.39, 0.29) is 30.0 Å². The van der Waals surface area contributed by atoms with E-state index in [9.17, 15) is 0 Å². The number of ether oxygens (including phenoxy) is 1. The Kier molecular flexibility index (Phi) is 8.99. The van der Waals surface area contributed by atoms with Crippen LogP contribution in [0.2, 0.25) is 0 Å². The van der Waals surface area contributed by atoms with Crippen LogP contribution in [-0.4, -0.2) is 44.2 Å². The largest absolute Gasteiger partial charge is 0.495 e.